The van der Waals surface area contributed by atoms with Crippen LogP contribution in [-0.2, 0) is 4.79 Å². The van der Waals surface area contributed by atoms with Crippen LogP contribution >= 0.6 is 0 Å². The average Bonchev–Trinajstić information content (AvgIpc) is 3.21. The number of nitrogens with zero attached hydrogens (tertiary/aromatic N) is 1. The molecule has 2 aliphatic rings. The molecule has 1 unspecified atom stereocenters. The van der Waals surface area contributed by atoms with Gasteiger partial charge in [0.05, 0.1) is 13.2 Å². The number of carbonyl (C=O) groups excluding carboxylic acids is 2. The van der Waals surface area contributed by atoms with E-state index in [0.717, 1.165) is 37.0 Å². The largest absolute Gasteiger partial charge is 0.496 e. The Balaban J connectivity index is 1.64. The van der Waals surface area contributed by atoms with Gasteiger partial charge in [0.25, 0.3) is 0 Å². The van der Waals surface area contributed by atoms with Crippen LogP contribution in [0.1, 0.15) is 57.1 Å². The van der Waals surface area contributed by atoms with E-state index in [1.165, 1.54) is 12.8 Å². The SMILES string of the molecule is COc1ccccc1C(NC(=O)NC1CCN(C(C)=O)CC1)C1CCCC1. The Morgan fingerprint density at radius 3 is 2.41 bits per heavy atom. The predicted octanol–water partition coefficient (Wildman–Crippen LogP) is 3.24. The van der Waals surface area contributed by atoms with Gasteiger partial charge in [0, 0.05) is 31.6 Å². The van der Waals surface area contributed by atoms with Gasteiger partial charge in [0.2, 0.25) is 5.91 Å². The standard InChI is InChI=1S/C21H31N3O3/c1-15(25)24-13-11-17(12-14-24)22-21(26)23-20(16-7-3-4-8-16)18-9-5-6-10-19(18)27-2/h5-6,9-10,16-17,20H,3-4,7-8,11-14H2,1-2H3,(H2,22,23,26). The summed E-state index contributed by atoms with van der Waals surface area (Å²) < 4.78 is 5.54. The van der Waals surface area contributed by atoms with Gasteiger partial charge in [-0.3, -0.25) is 4.79 Å². The van der Waals surface area contributed by atoms with Crippen molar-refractivity contribution in [3.8, 4) is 5.75 Å². The van der Waals surface area contributed by atoms with E-state index < -0.39 is 0 Å². The molecule has 0 aromatic heterocycles. The minimum absolute atomic E-state index is 0.0408. The van der Waals surface area contributed by atoms with E-state index in [0.29, 0.717) is 19.0 Å². The second-order valence-electron chi connectivity index (χ2n) is 7.66. The molecule has 1 saturated heterocycles. The predicted molar refractivity (Wildman–Crippen MR) is 105 cm³/mol. The zero-order valence-electron chi connectivity index (χ0n) is 16.4. The lowest BCUT2D eigenvalue weighted by Gasteiger charge is -2.33. The van der Waals surface area contributed by atoms with Crippen LogP contribution in [0, 0.1) is 5.92 Å². The van der Waals surface area contributed by atoms with Crippen LogP contribution < -0.4 is 15.4 Å². The molecule has 6 heteroatoms. The summed E-state index contributed by atoms with van der Waals surface area (Å²) in [4.78, 5) is 26.0. The molecule has 1 aliphatic heterocycles. The minimum atomic E-state index is -0.126. The van der Waals surface area contributed by atoms with Crippen LogP contribution in [0.5, 0.6) is 5.75 Å². The number of ether oxygens (including phenoxy) is 1. The van der Waals surface area contributed by atoms with Crippen LogP contribution in [0.25, 0.3) is 0 Å². The lowest BCUT2D eigenvalue weighted by atomic mass is 9.91. The summed E-state index contributed by atoms with van der Waals surface area (Å²) in [5.74, 6) is 1.37. The van der Waals surface area contributed by atoms with Crippen LogP contribution in [0.15, 0.2) is 24.3 Å². The Kier molecular flexibility index (Phi) is 6.58. The molecule has 1 heterocycles. The summed E-state index contributed by atoms with van der Waals surface area (Å²) in [5.41, 5.74) is 1.05. The molecule has 1 saturated carbocycles. The monoisotopic (exact) mass is 373 g/mol. The van der Waals surface area contributed by atoms with Crippen molar-refractivity contribution in [1.82, 2.24) is 15.5 Å². The van der Waals surface area contributed by atoms with E-state index in [9.17, 15) is 9.59 Å². The maximum absolute atomic E-state index is 12.7. The smallest absolute Gasteiger partial charge is 0.315 e. The van der Waals surface area contributed by atoms with Crippen molar-refractivity contribution in [1.29, 1.82) is 0 Å². The third-order valence-corrected chi connectivity index (χ3v) is 5.91. The highest BCUT2D eigenvalue weighted by Gasteiger charge is 2.30. The van der Waals surface area contributed by atoms with Crippen molar-refractivity contribution >= 4 is 11.9 Å². The van der Waals surface area contributed by atoms with Crippen LogP contribution in [0.3, 0.4) is 0 Å². The molecular formula is C21H31N3O3. The lowest BCUT2D eigenvalue weighted by molar-refractivity contribution is -0.129. The number of hydrogen-bond acceptors (Lipinski definition) is 3. The molecule has 3 rings (SSSR count). The van der Waals surface area contributed by atoms with Gasteiger partial charge in [-0.05, 0) is 37.7 Å². The fourth-order valence-corrected chi connectivity index (χ4v) is 4.37. The molecule has 1 atom stereocenters. The van der Waals surface area contributed by atoms with Crippen LogP contribution in [0.2, 0.25) is 0 Å². The topological polar surface area (TPSA) is 70.7 Å². The van der Waals surface area contributed by atoms with Crippen molar-refractivity contribution in [2.24, 2.45) is 5.92 Å². The first-order valence-electron chi connectivity index (χ1n) is 10.0. The van der Waals surface area contributed by atoms with Crippen LogP contribution in [-0.4, -0.2) is 43.1 Å². The van der Waals surface area contributed by atoms with E-state index in [1.54, 1.807) is 14.0 Å². The molecule has 1 aromatic rings. The molecule has 1 aromatic carbocycles. The highest BCUT2D eigenvalue weighted by molar-refractivity contribution is 5.75. The molecular weight excluding hydrogens is 342 g/mol. The second-order valence-corrected chi connectivity index (χ2v) is 7.66. The summed E-state index contributed by atoms with van der Waals surface area (Å²) in [5, 5.41) is 6.33. The number of methoxy groups -OCH3 is 1. The van der Waals surface area contributed by atoms with Gasteiger partial charge in [-0.2, -0.15) is 0 Å². The first-order chi connectivity index (χ1) is 13.1. The Hall–Kier alpha value is -2.24. The highest BCUT2D eigenvalue weighted by atomic mass is 16.5. The van der Waals surface area contributed by atoms with Crippen molar-refractivity contribution in [3.05, 3.63) is 29.8 Å². The Morgan fingerprint density at radius 1 is 1.11 bits per heavy atom. The summed E-state index contributed by atoms with van der Waals surface area (Å²) >= 11 is 0. The van der Waals surface area contributed by atoms with E-state index >= 15 is 0 Å². The van der Waals surface area contributed by atoms with Crippen molar-refractivity contribution in [2.75, 3.05) is 20.2 Å². The molecule has 2 N–H and O–H groups in total. The number of nitrogens with one attached hydrogen (secondary N) is 2. The van der Waals surface area contributed by atoms with Gasteiger partial charge < -0.3 is 20.3 Å². The summed E-state index contributed by atoms with van der Waals surface area (Å²) in [6, 6.07) is 7.90. The van der Waals surface area contributed by atoms with E-state index in [1.807, 2.05) is 29.2 Å². The third-order valence-electron chi connectivity index (χ3n) is 5.91. The zero-order valence-corrected chi connectivity index (χ0v) is 16.4. The minimum Gasteiger partial charge on any atom is -0.496 e. The number of hydrogen-bond donors (Lipinski definition) is 2. The number of rotatable bonds is 5. The molecule has 0 bridgehead atoms. The molecule has 6 nitrogen and oxygen atoms in total. The number of urea groups is 1. The maximum atomic E-state index is 12.7. The third kappa shape index (κ3) is 4.93. The fraction of sp³-hybridized carbons (Fsp3) is 0.619. The van der Waals surface area contributed by atoms with E-state index in [-0.39, 0.29) is 24.0 Å². The van der Waals surface area contributed by atoms with Gasteiger partial charge in [-0.25, -0.2) is 4.79 Å². The highest BCUT2D eigenvalue weighted by Crippen LogP contribution is 2.38. The first kappa shape index (κ1) is 19.5. The lowest BCUT2D eigenvalue weighted by Crippen LogP contribution is -2.49. The Morgan fingerprint density at radius 2 is 1.78 bits per heavy atom. The number of piperidine rings is 1. The summed E-state index contributed by atoms with van der Waals surface area (Å²) in [6.07, 6.45) is 6.28. The van der Waals surface area contributed by atoms with E-state index in [2.05, 4.69) is 10.6 Å². The summed E-state index contributed by atoms with van der Waals surface area (Å²) in [6.45, 7) is 3.01. The molecule has 27 heavy (non-hydrogen) atoms. The van der Waals surface area contributed by atoms with Gasteiger partial charge in [0.1, 0.15) is 5.75 Å². The van der Waals surface area contributed by atoms with Gasteiger partial charge in [-0.15, -0.1) is 0 Å². The van der Waals surface area contributed by atoms with Gasteiger partial charge in [-0.1, -0.05) is 31.0 Å². The van der Waals surface area contributed by atoms with Gasteiger partial charge >= 0.3 is 6.03 Å². The zero-order chi connectivity index (χ0) is 19.2. The number of para-hydroxylation sites is 1. The molecule has 1 aliphatic carbocycles. The second kappa shape index (κ2) is 9.11. The van der Waals surface area contributed by atoms with Crippen molar-refractivity contribution in [2.45, 2.75) is 57.5 Å². The fourth-order valence-electron chi connectivity index (χ4n) is 4.37. The van der Waals surface area contributed by atoms with Crippen molar-refractivity contribution < 1.29 is 14.3 Å². The summed E-state index contributed by atoms with van der Waals surface area (Å²) in [7, 11) is 1.67. The number of amides is 3. The number of likely N-dealkylation sites (tertiary alicyclic amines) is 1. The Bertz CT molecular complexity index is 650. The molecule has 3 amide bonds. The van der Waals surface area contributed by atoms with Gasteiger partial charge in [0.15, 0.2) is 0 Å². The number of benzene rings is 1. The van der Waals surface area contributed by atoms with Crippen molar-refractivity contribution in [3.63, 3.8) is 0 Å². The quantitative estimate of drug-likeness (QED) is 0.832. The molecule has 148 valence electrons. The maximum Gasteiger partial charge on any atom is 0.315 e. The molecule has 2 fully saturated rings. The Labute approximate surface area is 161 Å². The number of carbonyl (C=O) groups is 2. The normalized spacial score (nSPS) is 19.6. The van der Waals surface area contributed by atoms with E-state index in [4.69, 9.17) is 4.74 Å². The van der Waals surface area contributed by atoms with Crippen LogP contribution in [0.4, 0.5) is 4.79 Å². The molecule has 0 radical (unpaired) electrons. The average molecular weight is 373 g/mol. The first-order valence-corrected chi connectivity index (χ1v) is 10.0. The molecule has 0 spiro atoms.